The molecule has 0 aliphatic carbocycles. The molecule has 1 amide bonds. The molecule has 1 N–H and O–H groups in total. The average Bonchev–Trinajstić information content (AvgIpc) is 3.17. The van der Waals surface area contributed by atoms with E-state index in [9.17, 15) is 9.18 Å². The molecule has 3 aromatic rings. The van der Waals surface area contributed by atoms with Crippen molar-refractivity contribution in [1.29, 1.82) is 0 Å². The van der Waals surface area contributed by atoms with Crippen molar-refractivity contribution in [3.63, 3.8) is 0 Å². The van der Waals surface area contributed by atoms with Crippen LogP contribution in [-0.2, 0) is 13.7 Å². The molecule has 1 unspecified atom stereocenters. The van der Waals surface area contributed by atoms with E-state index in [0.29, 0.717) is 17.1 Å². The number of amides is 1. The first-order valence-corrected chi connectivity index (χ1v) is 8.49. The molecule has 1 atom stereocenters. The minimum absolute atomic E-state index is 0.0873. The Balaban J connectivity index is 1.72. The fourth-order valence-corrected chi connectivity index (χ4v) is 2.71. The molecule has 0 saturated carbocycles. The lowest BCUT2D eigenvalue weighted by Crippen LogP contribution is -2.28. The van der Waals surface area contributed by atoms with Gasteiger partial charge >= 0.3 is 0 Å². The second kappa shape index (κ2) is 7.61. The van der Waals surface area contributed by atoms with E-state index in [1.807, 2.05) is 20.9 Å². The smallest absolute Gasteiger partial charge is 0.274 e. The minimum atomic E-state index is -0.361. The molecule has 7 nitrogen and oxygen atoms in total. The van der Waals surface area contributed by atoms with Crippen molar-refractivity contribution in [1.82, 2.24) is 20.3 Å². The zero-order valence-corrected chi connectivity index (χ0v) is 15.6. The summed E-state index contributed by atoms with van der Waals surface area (Å²) >= 11 is 0. The number of aryl methyl sites for hydroxylation is 2. The van der Waals surface area contributed by atoms with E-state index >= 15 is 0 Å². The summed E-state index contributed by atoms with van der Waals surface area (Å²) in [6.45, 7) is 5.61. The van der Waals surface area contributed by atoms with Gasteiger partial charge in [-0.2, -0.15) is 5.10 Å². The molecule has 2 heterocycles. The molecular weight excluding hydrogens is 351 g/mol. The predicted molar refractivity (Wildman–Crippen MR) is 95.8 cm³/mol. The second-order valence-corrected chi connectivity index (χ2v) is 6.31. The van der Waals surface area contributed by atoms with Gasteiger partial charge in [-0.05, 0) is 45.0 Å². The second-order valence-electron chi connectivity index (χ2n) is 6.31. The minimum Gasteiger partial charge on any atom is -0.489 e. The van der Waals surface area contributed by atoms with Crippen LogP contribution < -0.4 is 10.1 Å². The van der Waals surface area contributed by atoms with Crippen molar-refractivity contribution in [2.24, 2.45) is 7.05 Å². The van der Waals surface area contributed by atoms with Crippen molar-refractivity contribution in [2.75, 3.05) is 0 Å². The van der Waals surface area contributed by atoms with Crippen molar-refractivity contribution in [3.8, 4) is 5.75 Å². The Bertz CT molecular complexity index is 947. The zero-order valence-electron chi connectivity index (χ0n) is 15.6. The molecule has 0 bridgehead atoms. The van der Waals surface area contributed by atoms with Crippen molar-refractivity contribution in [2.45, 2.75) is 33.4 Å². The van der Waals surface area contributed by atoms with E-state index in [0.717, 1.165) is 11.3 Å². The Hall–Kier alpha value is -3.16. The average molecular weight is 372 g/mol. The molecule has 0 spiro atoms. The monoisotopic (exact) mass is 372 g/mol. The molecule has 0 saturated heterocycles. The maximum absolute atomic E-state index is 13.0. The predicted octanol–water partition coefficient (Wildman–Crippen LogP) is 3.23. The molecule has 0 fully saturated rings. The van der Waals surface area contributed by atoms with Crippen LogP contribution in [0, 0.1) is 19.7 Å². The van der Waals surface area contributed by atoms with E-state index in [2.05, 4.69) is 15.6 Å². The SMILES string of the molecule is Cc1onc(C(=O)NC(C)c2cnn(C)c2C)c1COc1ccc(F)cc1. The Kier molecular flexibility index (Phi) is 5.25. The summed E-state index contributed by atoms with van der Waals surface area (Å²) < 4.78 is 25.5. The number of rotatable bonds is 6. The summed E-state index contributed by atoms with van der Waals surface area (Å²) in [4.78, 5) is 12.7. The van der Waals surface area contributed by atoms with Gasteiger partial charge in [0.15, 0.2) is 5.69 Å². The number of nitrogens with one attached hydrogen (secondary N) is 1. The van der Waals surface area contributed by atoms with Crippen LogP contribution in [0.25, 0.3) is 0 Å². The van der Waals surface area contributed by atoms with Gasteiger partial charge in [0.25, 0.3) is 5.91 Å². The van der Waals surface area contributed by atoms with Gasteiger partial charge in [-0.3, -0.25) is 9.48 Å². The van der Waals surface area contributed by atoms with E-state index in [4.69, 9.17) is 9.26 Å². The lowest BCUT2D eigenvalue weighted by atomic mass is 10.1. The third-order valence-corrected chi connectivity index (χ3v) is 4.48. The molecule has 8 heteroatoms. The van der Waals surface area contributed by atoms with Crippen LogP contribution in [-0.4, -0.2) is 20.8 Å². The summed E-state index contributed by atoms with van der Waals surface area (Å²) in [5, 5.41) is 11.0. The van der Waals surface area contributed by atoms with Crippen LogP contribution in [0.15, 0.2) is 35.0 Å². The lowest BCUT2D eigenvalue weighted by Gasteiger charge is -2.13. The van der Waals surface area contributed by atoms with Gasteiger partial charge in [0.2, 0.25) is 0 Å². The lowest BCUT2D eigenvalue weighted by molar-refractivity contribution is 0.0928. The number of benzene rings is 1. The number of hydrogen-bond donors (Lipinski definition) is 1. The topological polar surface area (TPSA) is 82.2 Å². The maximum atomic E-state index is 13.0. The number of carbonyl (C=O) groups excluding carboxylic acids is 1. The van der Waals surface area contributed by atoms with Crippen molar-refractivity contribution < 1.29 is 18.4 Å². The largest absolute Gasteiger partial charge is 0.489 e. The van der Waals surface area contributed by atoms with Gasteiger partial charge < -0.3 is 14.6 Å². The number of hydrogen-bond acceptors (Lipinski definition) is 5. The molecule has 0 aliphatic heterocycles. The number of ether oxygens (including phenoxy) is 1. The molecule has 27 heavy (non-hydrogen) atoms. The van der Waals surface area contributed by atoms with Gasteiger partial charge in [-0.1, -0.05) is 5.16 Å². The van der Waals surface area contributed by atoms with Crippen LogP contribution in [0.3, 0.4) is 0 Å². The van der Waals surface area contributed by atoms with Crippen LogP contribution in [0.1, 0.15) is 46.0 Å². The molecule has 3 rings (SSSR count). The quantitative estimate of drug-likeness (QED) is 0.718. The van der Waals surface area contributed by atoms with E-state index < -0.39 is 0 Å². The Morgan fingerprint density at radius 3 is 2.67 bits per heavy atom. The first-order chi connectivity index (χ1) is 12.9. The third-order valence-electron chi connectivity index (χ3n) is 4.48. The highest BCUT2D eigenvalue weighted by Crippen LogP contribution is 2.20. The van der Waals surface area contributed by atoms with Crippen LogP contribution in [0.5, 0.6) is 5.75 Å². The summed E-state index contributed by atoms with van der Waals surface area (Å²) in [5.41, 5.74) is 2.61. The zero-order chi connectivity index (χ0) is 19.6. The van der Waals surface area contributed by atoms with Crippen LogP contribution >= 0.6 is 0 Å². The van der Waals surface area contributed by atoms with Crippen LogP contribution in [0.2, 0.25) is 0 Å². The van der Waals surface area contributed by atoms with Gasteiger partial charge in [0, 0.05) is 18.3 Å². The third kappa shape index (κ3) is 3.99. The molecule has 142 valence electrons. The van der Waals surface area contributed by atoms with E-state index in [1.54, 1.807) is 17.8 Å². The van der Waals surface area contributed by atoms with Gasteiger partial charge in [-0.25, -0.2) is 4.39 Å². The maximum Gasteiger partial charge on any atom is 0.274 e. The molecular formula is C19H21FN4O3. The number of aromatic nitrogens is 3. The normalized spacial score (nSPS) is 12.0. The highest BCUT2D eigenvalue weighted by Gasteiger charge is 2.23. The summed E-state index contributed by atoms with van der Waals surface area (Å²) in [7, 11) is 1.85. The molecule has 2 aromatic heterocycles. The Morgan fingerprint density at radius 2 is 2.04 bits per heavy atom. The Morgan fingerprint density at radius 1 is 1.33 bits per heavy atom. The van der Waals surface area contributed by atoms with Crippen molar-refractivity contribution in [3.05, 3.63) is 64.6 Å². The Labute approximate surface area is 156 Å². The summed E-state index contributed by atoms with van der Waals surface area (Å²) in [6.07, 6.45) is 1.73. The number of halogens is 1. The first-order valence-electron chi connectivity index (χ1n) is 8.49. The fraction of sp³-hybridized carbons (Fsp3) is 0.316. The first kappa shape index (κ1) is 18.6. The highest BCUT2D eigenvalue weighted by atomic mass is 19.1. The highest BCUT2D eigenvalue weighted by molar-refractivity contribution is 5.94. The summed E-state index contributed by atoms with van der Waals surface area (Å²) in [6, 6.07) is 5.41. The van der Waals surface area contributed by atoms with Gasteiger partial charge in [0.1, 0.15) is 23.9 Å². The number of carbonyl (C=O) groups is 1. The van der Waals surface area contributed by atoms with E-state index in [1.165, 1.54) is 24.3 Å². The fourth-order valence-electron chi connectivity index (χ4n) is 2.71. The standard InChI is InChI=1S/C19H21FN4O3/c1-11(16-9-21-24(4)12(16)2)22-19(25)18-17(13(3)27-23-18)10-26-15-7-5-14(20)6-8-15/h5-9,11H,10H2,1-4H3,(H,22,25). The molecule has 0 radical (unpaired) electrons. The molecule has 1 aromatic carbocycles. The number of nitrogens with zero attached hydrogens (tertiary/aromatic N) is 3. The molecule has 0 aliphatic rings. The van der Waals surface area contributed by atoms with Gasteiger partial charge in [-0.15, -0.1) is 0 Å². The van der Waals surface area contributed by atoms with Crippen LogP contribution in [0.4, 0.5) is 4.39 Å². The summed E-state index contributed by atoms with van der Waals surface area (Å²) in [5.74, 6) is 0.277. The van der Waals surface area contributed by atoms with E-state index in [-0.39, 0.29) is 30.1 Å². The van der Waals surface area contributed by atoms with Gasteiger partial charge in [0.05, 0.1) is 17.8 Å². The van der Waals surface area contributed by atoms with Crippen molar-refractivity contribution >= 4 is 5.91 Å².